The third-order valence-electron chi connectivity index (χ3n) is 2.73. The summed E-state index contributed by atoms with van der Waals surface area (Å²) in [7, 11) is 0. The number of nitrogens with zero attached hydrogens (tertiary/aromatic N) is 2. The van der Waals surface area contributed by atoms with E-state index in [0.717, 1.165) is 0 Å². The second-order valence-electron chi connectivity index (χ2n) is 5.05. The Morgan fingerprint density at radius 1 is 1.38 bits per heavy atom. The highest BCUT2D eigenvalue weighted by Gasteiger charge is 2.10. The first kappa shape index (κ1) is 15.4. The van der Waals surface area contributed by atoms with E-state index in [4.69, 9.17) is 16.3 Å². The molecule has 0 aliphatic rings. The van der Waals surface area contributed by atoms with Crippen LogP contribution in [0.2, 0.25) is 5.02 Å². The summed E-state index contributed by atoms with van der Waals surface area (Å²) in [6.07, 6.45) is 1.70. The number of nitrogens with one attached hydrogen (secondary N) is 1. The van der Waals surface area contributed by atoms with E-state index in [1.807, 2.05) is 26.0 Å². The third kappa shape index (κ3) is 4.49. The first-order chi connectivity index (χ1) is 10.1. The quantitative estimate of drug-likeness (QED) is 0.892. The fraction of sp³-hybridized carbons (Fsp3) is 0.333. The van der Waals surface area contributed by atoms with Crippen LogP contribution in [0.15, 0.2) is 36.5 Å². The number of benzene rings is 1. The number of aromatic nitrogens is 2. The van der Waals surface area contributed by atoms with E-state index in [1.165, 1.54) is 0 Å². The standard InChI is InChI=1S/C15H18ClN3O2/c1-11(2)9-17-15(20)13-7-8-19(18-13)10-21-14-6-4-3-5-12(14)16/h3-8,11H,9-10H2,1-2H3,(H,17,20). The molecule has 0 unspecified atom stereocenters. The molecule has 0 aliphatic carbocycles. The van der Waals surface area contributed by atoms with Gasteiger partial charge < -0.3 is 10.1 Å². The molecule has 0 fully saturated rings. The molecular formula is C15H18ClN3O2. The van der Waals surface area contributed by atoms with Crippen molar-refractivity contribution >= 4 is 17.5 Å². The van der Waals surface area contributed by atoms with E-state index in [-0.39, 0.29) is 12.6 Å². The second-order valence-corrected chi connectivity index (χ2v) is 5.46. The van der Waals surface area contributed by atoms with Crippen LogP contribution in [-0.4, -0.2) is 22.2 Å². The van der Waals surface area contributed by atoms with E-state index in [9.17, 15) is 4.79 Å². The van der Waals surface area contributed by atoms with Gasteiger partial charge in [-0.2, -0.15) is 5.10 Å². The van der Waals surface area contributed by atoms with Crippen LogP contribution in [0.4, 0.5) is 0 Å². The zero-order valence-electron chi connectivity index (χ0n) is 12.0. The van der Waals surface area contributed by atoms with Crippen LogP contribution >= 0.6 is 11.6 Å². The maximum atomic E-state index is 11.8. The molecule has 1 amide bonds. The van der Waals surface area contributed by atoms with Gasteiger partial charge in [-0.05, 0) is 24.1 Å². The molecule has 0 aliphatic heterocycles. The van der Waals surface area contributed by atoms with Gasteiger partial charge in [0.15, 0.2) is 6.73 Å². The van der Waals surface area contributed by atoms with E-state index in [0.29, 0.717) is 28.9 Å². The first-order valence-corrected chi connectivity index (χ1v) is 7.13. The van der Waals surface area contributed by atoms with Gasteiger partial charge in [0.05, 0.1) is 5.02 Å². The van der Waals surface area contributed by atoms with Gasteiger partial charge in [0.25, 0.3) is 5.91 Å². The summed E-state index contributed by atoms with van der Waals surface area (Å²) in [5.41, 5.74) is 0.374. The molecule has 0 saturated carbocycles. The third-order valence-corrected chi connectivity index (χ3v) is 3.05. The lowest BCUT2D eigenvalue weighted by molar-refractivity contribution is 0.0942. The summed E-state index contributed by atoms with van der Waals surface area (Å²) < 4.78 is 7.10. The van der Waals surface area contributed by atoms with Crippen LogP contribution < -0.4 is 10.1 Å². The Bertz CT molecular complexity index is 610. The molecule has 0 saturated heterocycles. The molecule has 0 atom stereocenters. The molecule has 6 heteroatoms. The van der Waals surface area contributed by atoms with Crippen molar-refractivity contribution in [3.63, 3.8) is 0 Å². The number of halogens is 1. The van der Waals surface area contributed by atoms with Crippen molar-refractivity contribution in [2.24, 2.45) is 5.92 Å². The second kappa shape index (κ2) is 7.13. The number of carbonyl (C=O) groups excluding carboxylic acids is 1. The number of hydrogen-bond acceptors (Lipinski definition) is 3. The highest BCUT2D eigenvalue weighted by molar-refractivity contribution is 6.32. The van der Waals surface area contributed by atoms with E-state index in [2.05, 4.69) is 10.4 Å². The van der Waals surface area contributed by atoms with Crippen molar-refractivity contribution in [1.29, 1.82) is 0 Å². The van der Waals surface area contributed by atoms with Crippen LogP contribution in [0.3, 0.4) is 0 Å². The highest BCUT2D eigenvalue weighted by Crippen LogP contribution is 2.23. The molecule has 112 valence electrons. The average molecular weight is 308 g/mol. The van der Waals surface area contributed by atoms with Crippen molar-refractivity contribution in [3.05, 3.63) is 47.2 Å². The molecule has 0 radical (unpaired) electrons. The predicted octanol–water partition coefficient (Wildman–Crippen LogP) is 2.96. The lowest BCUT2D eigenvalue weighted by Crippen LogP contribution is -2.27. The van der Waals surface area contributed by atoms with Crippen LogP contribution in [-0.2, 0) is 6.73 Å². The summed E-state index contributed by atoms with van der Waals surface area (Å²) in [5.74, 6) is 0.806. The van der Waals surface area contributed by atoms with Gasteiger partial charge >= 0.3 is 0 Å². The maximum absolute atomic E-state index is 11.8. The lowest BCUT2D eigenvalue weighted by atomic mass is 10.2. The van der Waals surface area contributed by atoms with Crippen LogP contribution in [0.1, 0.15) is 24.3 Å². The van der Waals surface area contributed by atoms with E-state index >= 15 is 0 Å². The van der Waals surface area contributed by atoms with Gasteiger partial charge in [0.2, 0.25) is 0 Å². The number of para-hydroxylation sites is 1. The zero-order valence-corrected chi connectivity index (χ0v) is 12.8. The van der Waals surface area contributed by atoms with Crippen molar-refractivity contribution < 1.29 is 9.53 Å². The zero-order chi connectivity index (χ0) is 15.2. The van der Waals surface area contributed by atoms with Gasteiger partial charge in [-0.1, -0.05) is 37.6 Å². The Labute approximate surface area is 128 Å². The van der Waals surface area contributed by atoms with Crippen molar-refractivity contribution in [2.75, 3.05) is 6.54 Å². The number of ether oxygens (including phenoxy) is 1. The number of rotatable bonds is 6. The Morgan fingerprint density at radius 2 is 2.14 bits per heavy atom. The van der Waals surface area contributed by atoms with Gasteiger partial charge in [0, 0.05) is 12.7 Å². The minimum atomic E-state index is -0.180. The largest absolute Gasteiger partial charge is 0.470 e. The molecule has 5 nitrogen and oxygen atoms in total. The molecular weight excluding hydrogens is 290 g/mol. The molecule has 21 heavy (non-hydrogen) atoms. The fourth-order valence-corrected chi connectivity index (χ4v) is 1.83. The van der Waals surface area contributed by atoms with Crippen LogP contribution in [0, 0.1) is 5.92 Å². The summed E-state index contributed by atoms with van der Waals surface area (Å²) in [6.45, 7) is 4.90. The van der Waals surface area contributed by atoms with Gasteiger partial charge in [-0.25, -0.2) is 4.68 Å². The van der Waals surface area contributed by atoms with Crippen LogP contribution in [0.5, 0.6) is 5.75 Å². The van der Waals surface area contributed by atoms with Crippen molar-refractivity contribution in [2.45, 2.75) is 20.6 Å². The summed E-state index contributed by atoms with van der Waals surface area (Å²) in [5, 5.41) is 7.53. The molecule has 1 heterocycles. The molecule has 0 spiro atoms. The summed E-state index contributed by atoms with van der Waals surface area (Å²) in [4.78, 5) is 11.8. The Hall–Kier alpha value is -2.01. The molecule has 1 N–H and O–H groups in total. The number of carbonyl (C=O) groups is 1. The molecule has 1 aromatic carbocycles. The fourth-order valence-electron chi connectivity index (χ4n) is 1.64. The smallest absolute Gasteiger partial charge is 0.271 e. The molecule has 0 bridgehead atoms. The first-order valence-electron chi connectivity index (χ1n) is 6.75. The Morgan fingerprint density at radius 3 is 2.86 bits per heavy atom. The van der Waals surface area contributed by atoms with Gasteiger partial charge in [-0.3, -0.25) is 4.79 Å². The van der Waals surface area contributed by atoms with Crippen LogP contribution in [0.25, 0.3) is 0 Å². The minimum absolute atomic E-state index is 0.180. The van der Waals surface area contributed by atoms with Crippen molar-refractivity contribution in [1.82, 2.24) is 15.1 Å². The lowest BCUT2D eigenvalue weighted by Gasteiger charge is -2.07. The Balaban J connectivity index is 1.91. The SMILES string of the molecule is CC(C)CNC(=O)c1ccn(COc2ccccc2Cl)n1. The maximum Gasteiger partial charge on any atom is 0.271 e. The number of hydrogen-bond donors (Lipinski definition) is 1. The Kier molecular flexibility index (Phi) is 5.22. The number of amides is 1. The summed E-state index contributed by atoms with van der Waals surface area (Å²) in [6, 6.07) is 8.87. The van der Waals surface area contributed by atoms with E-state index < -0.39 is 0 Å². The monoisotopic (exact) mass is 307 g/mol. The average Bonchev–Trinajstić information content (AvgIpc) is 2.93. The molecule has 2 rings (SSSR count). The van der Waals surface area contributed by atoms with Gasteiger partial charge in [-0.15, -0.1) is 0 Å². The van der Waals surface area contributed by atoms with Crippen molar-refractivity contribution in [3.8, 4) is 5.75 Å². The minimum Gasteiger partial charge on any atom is -0.470 e. The normalized spacial score (nSPS) is 10.7. The predicted molar refractivity (Wildman–Crippen MR) is 81.5 cm³/mol. The van der Waals surface area contributed by atoms with Gasteiger partial charge in [0.1, 0.15) is 11.4 Å². The van der Waals surface area contributed by atoms with E-state index in [1.54, 1.807) is 29.1 Å². The summed E-state index contributed by atoms with van der Waals surface area (Å²) >= 11 is 6.00. The molecule has 1 aromatic heterocycles. The topological polar surface area (TPSA) is 56.2 Å². The highest BCUT2D eigenvalue weighted by atomic mass is 35.5. The molecule has 2 aromatic rings.